The fraction of sp³-hybridized carbons (Fsp3) is 0.308. The molecule has 0 spiro atoms. The van der Waals surface area contributed by atoms with Gasteiger partial charge in [0.25, 0.3) is 0 Å². The van der Waals surface area contributed by atoms with Crippen LogP contribution in [0.3, 0.4) is 0 Å². The van der Waals surface area contributed by atoms with Gasteiger partial charge in [-0.25, -0.2) is 19.2 Å². The molecule has 0 bridgehead atoms. The van der Waals surface area contributed by atoms with E-state index in [0.29, 0.717) is 41.1 Å². The lowest BCUT2D eigenvalue weighted by atomic mass is 9.91. The number of rotatable bonds is 11. The maximum Gasteiger partial charge on any atom is 0.340 e. The molecule has 0 amide bonds. The second-order valence-corrected chi connectivity index (χ2v) is 13.9. The minimum atomic E-state index is -0.431. The first kappa shape index (κ1) is 33.0. The Labute approximate surface area is 298 Å². The second kappa shape index (κ2) is 14.2. The minimum absolute atomic E-state index is 0.0811. The van der Waals surface area contributed by atoms with E-state index in [-0.39, 0.29) is 24.5 Å². The number of hydrogen-bond donors (Lipinski definition) is 3. The van der Waals surface area contributed by atoms with Crippen LogP contribution in [0.2, 0.25) is 0 Å². The zero-order valence-electron chi connectivity index (χ0n) is 28.5. The number of H-pyrrole nitrogens is 1. The summed E-state index contributed by atoms with van der Waals surface area (Å²) in [5, 5.41) is 15.6. The molecule has 1 unspecified atom stereocenters. The summed E-state index contributed by atoms with van der Waals surface area (Å²) < 4.78 is 26.2. The monoisotopic (exact) mass is 703 g/mol. The number of aromatic amines is 1. The Balaban J connectivity index is 1.30. The summed E-state index contributed by atoms with van der Waals surface area (Å²) in [6.07, 6.45) is 8.08. The standard InChI is InChI=1S/C39H38FN7O3S/c1-3-50-39(48)34-33(31-20-23-17-19-42-38(36(23)51-31)46-27-16-14-26-25(27)6-4-8-30(26)49-2)32(37-43-21-44-47-37)28(45-35(34)29-7-5-18-41-29)15-11-22-9-12-24(40)13-10-22/h4,6,8-10,12-13,17,19-21,27,29,41H,3,5,7,11,14-16,18H2,1-2H3,(H,42,46)(H,43,44,47)/t27?,29-/m0/s1. The largest absolute Gasteiger partial charge is 0.496 e. The first-order valence-corrected chi connectivity index (χ1v) is 18.2. The van der Waals surface area contributed by atoms with Crippen LogP contribution < -0.4 is 15.4 Å². The third-order valence-corrected chi connectivity index (χ3v) is 11.0. The molecule has 0 saturated carbocycles. The molecule has 3 N–H and O–H groups in total. The minimum Gasteiger partial charge on any atom is -0.496 e. The smallest absolute Gasteiger partial charge is 0.340 e. The van der Waals surface area contributed by atoms with Gasteiger partial charge in [0, 0.05) is 22.2 Å². The lowest BCUT2D eigenvalue weighted by molar-refractivity contribution is 0.0524. The summed E-state index contributed by atoms with van der Waals surface area (Å²) in [6, 6.07) is 16.8. The number of anilines is 1. The average Bonchev–Trinajstić information content (AvgIpc) is 3.99. The van der Waals surface area contributed by atoms with E-state index in [1.54, 1.807) is 30.6 Å². The first-order chi connectivity index (χ1) is 25.0. The molecule has 51 heavy (non-hydrogen) atoms. The summed E-state index contributed by atoms with van der Waals surface area (Å²) in [6.45, 7) is 2.86. The molecule has 2 aliphatic rings. The van der Waals surface area contributed by atoms with E-state index >= 15 is 0 Å². The van der Waals surface area contributed by atoms with Crippen LogP contribution in [0.1, 0.15) is 76.7 Å². The SMILES string of the molecule is CCOC(=O)c1c([C@@H]2CCCN2)nc(CCc2ccc(F)cc2)c(-c2ncn[nH]2)c1-c1cc2ccnc(NC3CCc4c(OC)cccc43)c2s1. The number of ether oxygens (including phenoxy) is 2. The number of carbonyl (C=O) groups is 1. The van der Waals surface area contributed by atoms with Crippen molar-refractivity contribution < 1.29 is 18.7 Å². The molecule has 6 aromatic rings. The van der Waals surface area contributed by atoms with Crippen molar-refractivity contribution in [3.8, 4) is 27.6 Å². The van der Waals surface area contributed by atoms with Gasteiger partial charge in [0.1, 0.15) is 23.7 Å². The Bertz CT molecular complexity index is 2200. The number of methoxy groups -OCH3 is 1. The van der Waals surface area contributed by atoms with Crippen molar-refractivity contribution in [3.63, 3.8) is 0 Å². The maximum atomic E-state index is 14.1. The number of pyridine rings is 2. The number of carbonyl (C=O) groups excluding carboxylic acids is 1. The van der Waals surface area contributed by atoms with Crippen LogP contribution in [-0.2, 0) is 24.0 Å². The number of aryl methyl sites for hydroxylation is 2. The Morgan fingerprint density at radius 3 is 2.73 bits per heavy atom. The van der Waals surface area contributed by atoms with E-state index in [1.807, 2.05) is 31.3 Å². The van der Waals surface area contributed by atoms with E-state index < -0.39 is 5.97 Å². The maximum absolute atomic E-state index is 14.1. The van der Waals surface area contributed by atoms with Crippen molar-refractivity contribution in [1.29, 1.82) is 0 Å². The van der Waals surface area contributed by atoms with Crippen molar-refractivity contribution in [3.05, 3.63) is 107 Å². The molecular weight excluding hydrogens is 666 g/mol. The molecule has 12 heteroatoms. The highest BCUT2D eigenvalue weighted by atomic mass is 32.1. The van der Waals surface area contributed by atoms with E-state index in [1.165, 1.54) is 29.6 Å². The molecule has 0 radical (unpaired) electrons. The number of nitrogens with one attached hydrogen (secondary N) is 3. The van der Waals surface area contributed by atoms with E-state index in [4.69, 9.17) is 19.4 Å². The molecule has 2 atom stereocenters. The molecule has 1 aliphatic heterocycles. The predicted molar refractivity (Wildman–Crippen MR) is 196 cm³/mol. The van der Waals surface area contributed by atoms with Crippen molar-refractivity contribution in [1.82, 2.24) is 30.5 Å². The van der Waals surface area contributed by atoms with Gasteiger partial charge in [0.2, 0.25) is 0 Å². The van der Waals surface area contributed by atoms with Crippen LogP contribution in [-0.4, -0.2) is 51.4 Å². The molecule has 2 aromatic carbocycles. The van der Waals surface area contributed by atoms with Crippen LogP contribution in [0.4, 0.5) is 10.2 Å². The van der Waals surface area contributed by atoms with Gasteiger partial charge in [-0.1, -0.05) is 24.3 Å². The molecule has 1 fully saturated rings. The first-order valence-electron chi connectivity index (χ1n) is 17.4. The number of aromatic nitrogens is 5. The van der Waals surface area contributed by atoms with E-state index in [2.05, 4.69) is 37.9 Å². The predicted octanol–water partition coefficient (Wildman–Crippen LogP) is 7.78. The molecule has 1 aliphatic carbocycles. The molecule has 260 valence electrons. The lowest BCUT2D eigenvalue weighted by Gasteiger charge is -2.22. The van der Waals surface area contributed by atoms with Crippen LogP contribution in [0.5, 0.6) is 5.75 Å². The second-order valence-electron chi connectivity index (χ2n) is 12.9. The zero-order chi connectivity index (χ0) is 34.9. The number of thiophene rings is 1. The summed E-state index contributed by atoms with van der Waals surface area (Å²) in [5.74, 6) is 1.49. The summed E-state index contributed by atoms with van der Waals surface area (Å²) in [7, 11) is 1.71. The molecule has 5 heterocycles. The highest BCUT2D eigenvalue weighted by Gasteiger charge is 2.34. The lowest BCUT2D eigenvalue weighted by Crippen LogP contribution is -2.22. The fourth-order valence-corrected chi connectivity index (χ4v) is 8.64. The summed E-state index contributed by atoms with van der Waals surface area (Å²) in [4.78, 5) is 29.7. The van der Waals surface area contributed by atoms with Crippen LogP contribution >= 0.6 is 11.3 Å². The Morgan fingerprint density at radius 2 is 1.96 bits per heavy atom. The van der Waals surface area contributed by atoms with Gasteiger partial charge in [-0.15, -0.1) is 11.3 Å². The third-order valence-electron chi connectivity index (χ3n) is 9.82. The summed E-state index contributed by atoms with van der Waals surface area (Å²) in [5.41, 5.74) is 6.71. The van der Waals surface area contributed by atoms with Gasteiger partial charge in [0.15, 0.2) is 5.82 Å². The summed E-state index contributed by atoms with van der Waals surface area (Å²) >= 11 is 1.58. The quantitative estimate of drug-likeness (QED) is 0.116. The Hall–Kier alpha value is -5.20. The number of esters is 1. The molecule has 10 nitrogen and oxygen atoms in total. The van der Waals surface area contributed by atoms with Gasteiger partial charge in [-0.3, -0.25) is 10.1 Å². The van der Waals surface area contributed by atoms with Gasteiger partial charge < -0.3 is 20.1 Å². The van der Waals surface area contributed by atoms with Crippen LogP contribution in [0.15, 0.2) is 67.1 Å². The molecule has 4 aromatic heterocycles. The fourth-order valence-electron chi connectivity index (χ4n) is 7.47. The number of nitrogens with zero attached hydrogens (tertiary/aromatic N) is 4. The van der Waals surface area contributed by atoms with Gasteiger partial charge in [-0.2, -0.15) is 5.10 Å². The molecule has 8 rings (SSSR count). The van der Waals surface area contributed by atoms with Gasteiger partial charge in [-0.05, 0) is 104 Å². The Morgan fingerprint density at radius 1 is 1.08 bits per heavy atom. The highest BCUT2D eigenvalue weighted by Crippen LogP contribution is 2.47. The van der Waals surface area contributed by atoms with Crippen molar-refractivity contribution >= 4 is 33.2 Å². The van der Waals surface area contributed by atoms with E-state index in [9.17, 15) is 9.18 Å². The highest BCUT2D eigenvalue weighted by molar-refractivity contribution is 7.23. The van der Waals surface area contributed by atoms with E-state index in [0.717, 1.165) is 70.0 Å². The zero-order valence-corrected chi connectivity index (χ0v) is 29.3. The topological polar surface area (TPSA) is 127 Å². The van der Waals surface area contributed by atoms with Crippen molar-refractivity contribution in [2.45, 2.75) is 57.5 Å². The van der Waals surface area contributed by atoms with Crippen LogP contribution in [0.25, 0.3) is 31.9 Å². The number of hydrogen-bond acceptors (Lipinski definition) is 10. The number of halogens is 1. The van der Waals surface area contributed by atoms with Gasteiger partial charge >= 0.3 is 5.97 Å². The number of benzene rings is 2. The van der Waals surface area contributed by atoms with Crippen LogP contribution in [0, 0.1) is 5.82 Å². The average molecular weight is 704 g/mol. The molecular formula is C39H38FN7O3S. The normalized spacial score (nSPS) is 16.8. The van der Waals surface area contributed by atoms with Crippen molar-refractivity contribution in [2.24, 2.45) is 0 Å². The Kier molecular flexibility index (Phi) is 9.18. The van der Waals surface area contributed by atoms with Crippen molar-refractivity contribution in [2.75, 3.05) is 25.6 Å². The molecule has 1 saturated heterocycles. The van der Waals surface area contributed by atoms with Gasteiger partial charge in [0.05, 0.1) is 47.5 Å². The third kappa shape index (κ3) is 6.34. The number of fused-ring (bicyclic) bond motifs is 2.